The lowest BCUT2D eigenvalue weighted by Crippen LogP contribution is -2.41. The van der Waals surface area contributed by atoms with E-state index in [-0.39, 0.29) is 11.7 Å². The molecule has 5 heteroatoms. The molecule has 0 fully saturated rings. The predicted octanol–water partition coefficient (Wildman–Crippen LogP) is 2.22. The number of hydrogen-bond acceptors (Lipinski definition) is 2. The van der Waals surface area contributed by atoms with Crippen LogP contribution < -0.4 is 5.32 Å². The van der Waals surface area contributed by atoms with Gasteiger partial charge in [-0.15, -0.1) is 0 Å². The Bertz CT molecular complexity index is 587. The number of nitrogens with zero attached hydrogens (tertiary/aromatic N) is 2. The first-order valence-electron chi connectivity index (χ1n) is 5.96. The van der Waals surface area contributed by atoms with Crippen molar-refractivity contribution in [2.75, 3.05) is 0 Å². The maximum Gasteiger partial charge on any atom is 0.287 e. The Balaban J connectivity index is 2.19. The molecule has 0 unspecified atom stereocenters. The lowest BCUT2D eigenvalue weighted by molar-refractivity contribution is 0.0898. The second-order valence-electron chi connectivity index (χ2n) is 4.95. The molecule has 0 aliphatic rings. The number of amides is 1. The molecule has 0 aliphatic carbocycles. The molecule has 0 aliphatic heterocycles. The minimum Gasteiger partial charge on any atom is -0.340 e. The van der Waals surface area contributed by atoms with E-state index in [2.05, 4.69) is 10.3 Å². The van der Waals surface area contributed by atoms with Crippen molar-refractivity contribution in [2.24, 2.45) is 7.05 Å². The van der Waals surface area contributed by atoms with Gasteiger partial charge in [0.05, 0.1) is 5.54 Å². The molecule has 0 radical (unpaired) electrons. The second kappa shape index (κ2) is 4.84. The van der Waals surface area contributed by atoms with Crippen LogP contribution in [0.1, 0.15) is 30.0 Å². The molecule has 1 aromatic carbocycles. The summed E-state index contributed by atoms with van der Waals surface area (Å²) in [6, 6.07) is 6.08. The number of halogens is 1. The van der Waals surface area contributed by atoms with E-state index in [1.165, 1.54) is 12.1 Å². The standard InChI is InChI=1S/C14H16FN3O/c1-14(2,10-4-6-11(15)7-5-10)17-13(19)12-16-8-9-18(12)3/h4-9H,1-3H3,(H,17,19). The molecule has 0 saturated heterocycles. The smallest absolute Gasteiger partial charge is 0.287 e. The van der Waals surface area contributed by atoms with Gasteiger partial charge in [0.2, 0.25) is 0 Å². The van der Waals surface area contributed by atoms with Gasteiger partial charge in [-0.1, -0.05) is 12.1 Å². The van der Waals surface area contributed by atoms with Crippen LogP contribution in [0, 0.1) is 5.82 Å². The average Bonchev–Trinajstić information content (AvgIpc) is 2.75. The van der Waals surface area contributed by atoms with Crippen molar-refractivity contribution < 1.29 is 9.18 Å². The Morgan fingerprint density at radius 3 is 2.47 bits per heavy atom. The highest BCUT2D eigenvalue weighted by atomic mass is 19.1. The summed E-state index contributed by atoms with van der Waals surface area (Å²) < 4.78 is 14.6. The maximum absolute atomic E-state index is 12.9. The number of benzene rings is 1. The number of aryl methyl sites for hydroxylation is 1. The number of aromatic nitrogens is 2. The first-order valence-corrected chi connectivity index (χ1v) is 5.96. The number of imidazole rings is 1. The van der Waals surface area contributed by atoms with Gasteiger partial charge in [0.15, 0.2) is 5.82 Å². The van der Waals surface area contributed by atoms with E-state index in [9.17, 15) is 9.18 Å². The van der Waals surface area contributed by atoms with Crippen molar-refractivity contribution in [3.05, 3.63) is 53.9 Å². The third kappa shape index (κ3) is 2.81. The summed E-state index contributed by atoms with van der Waals surface area (Å²) in [6.07, 6.45) is 3.28. The zero-order chi connectivity index (χ0) is 14.0. The van der Waals surface area contributed by atoms with Crippen LogP contribution in [0.2, 0.25) is 0 Å². The quantitative estimate of drug-likeness (QED) is 0.921. The van der Waals surface area contributed by atoms with Gasteiger partial charge < -0.3 is 9.88 Å². The summed E-state index contributed by atoms with van der Waals surface area (Å²) in [5.74, 6) is -0.216. The second-order valence-corrected chi connectivity index (χ2v) is 4.95. The molecule has 2 rings (SSSR count). The molecule has 1 heterocycles. The Kier molecular flexibility index (Phi) is 3.38. The van der Waals surface area contributed by atoms with Gasteiger partial charge in [0.25, 0.3) is 5.91 Å². The molecule has 4 nitrogen and oxygen atoms in total. The van der Waals surface area contributed by atoms with E-state index < -0.39 is 5.54 Å². The predicted molar refractivity (Wildman–Crippen MR) is 70.1 cm³/mol. The summed E-state index contributed by atoms with van der Waals surface area (Å²) in [6.45, 7) is 3.72. The molecule has 1 N–H and O–H groups in total. The number of hydrogen-bond donors (Lipinski definition) is 1. The molecular formula is C14H16FN3O. The third-order valence-electron chi connectivity index (χ3n) is 3.02. The zero-order valence-corrected chi connectivity index (χ0v) is 11.1. The van der Waals surface area contributed by atoms with Crippen molar-refractivity contribution in [1.82, 2.24) is 14.9 Å². The van der Waals surface area contributed by atoms with Crippen LogP contribution in [-0.4, -0.2) is 15.5 Å². The lowest BCUT2D eigenvalue weighted by Gasteiger charge is -2.26. The molecular weight excluding hydrogens is 245 g/mol. The molecule has 19 heavy (non-hydrogen) atoms. The highest BCUT2D eigenvalue weighted by Crippen LogP contribution is 2.20. The third-order valence-corrected chi connectivity index (χ3v) is 3.02. The molecule has 0 saturated carbocycles. The van der Waals surface area contributed by atoms with Gasteiger partial charge in [0, 0.05) is 19.4 Å². The topological polar surface area (TPSA) is 46.9 Å². The van der Waals surface area contributed by atoms with Crippen molar-refractivity contribution in [3.8, 4) is 0 Å². The van der Waals surface area contributed by atoms with Gasteiger partial charge in [-0.2, -0.15) is 0 Å². The first kappa shape index (κ1) is 13.3. The van der Waals surface area contributed by atoms with E-state index >= 15 is 0 Å². The Labute approximate surface area is 111 Å². The fraction of sp³-hybridized carbons (Fsp3) is 0.286. The largest absolute Gasteiger partial charge is 0.340 e. The molecule has 0 bridgehead atoms. The van der Waals surface area contributed by atoms with Crippen LogP contribution in [0.3, 0.4) is 0 Å². The van der Waals surface area contributed by atoms with Crippen molar-refractivity contribution >= 4 is 5.91 Å². The first-order chi connectivity index (χ1) is 8.90. The molecule has 0 atom stereocenters. The minimum atomic E-state index is -0.600. The maximum atomic E-state index is 12.9. The minimum absolute atomic E-state index is 0.262. The highest BCUT2D eigenvalue weighted by molar-refractivity contribution is 5.91. The van der Waals surface area contributed by atoms with E-state index in [4.69, 9.17) is 0 Å². The van der Waals surface area contributed by atoms with Crippen LogP contribution in [0.5, 0.6) is 0 Å². The normalized spacial score (nSPS) is 11.4. The number of carbonyl (C=O) groups excluding carboxylic acids is 1. The van der Waals surface area contributed by atoms with Crippen LogP contribution in [-0.2, 0) is 12.6 Å². The van der Waals surface area contributed by atoms with Gasteiger partial charge in [0.1, 0.15) is 5.82 Å². The summed E-state index contributed by atoms with van der Waals surface area (Å²) in [7, 11) is 1.76. The number of rotatable bonds is 3. The van der Waals surface area contributed by atoms with Crippen LogP contribution in [0.4, 0.5) is 4.39 Å². The van der Waals surface area contributed by atoms with Crippen LogP contribution in [0.15, 0.2) is 36.7 Å². The lowest BCUT2D eigenvalue weighted by atomic mass is 9.94. The van der Waals surface area contributed by atoms with Gasteiger partial charge in [-0.05, 0) is 31.5 Å². The fourth-order valence-electron chi connectivity index (χ4n) is 1.86. The van der Waals surface area contributed by atoms with Gasteiger partial charge >= 0.3 is 0 Å². The molecule has 0 spiro atoms. The zero-order valence-electron chi connectivity index (χ0n) is 11.1. The Morgan fingerprint density at radius 2 is 1.95 bits per heavy atom. The summed E-state index contributed by atoms with van der Waals surface area (Å²) >= 11 is 0. The Morgan fingerprint density at radius 1 is 1.32 bits per heavy atom. The van der Waals surface area contributed by atoms with Crippen molar-refractivity contribution in [3.63, 3.8) is 0 Å². The van der Waals surface area contributed by atoms with E-state index in [1.807, 2.05) is 13.8 Å². The highest BCUT2D eigenvalue weighted by Gasteiger charge is 2.25. The van der Waals surface area contributed by atoms with Crippen molar-refractivity contribution in [2.45, 2.75) is 19.4 Å². The summed E-state index contributed by atoms with van der Waals surface area (Å²) in [5.41, 5.74) is 0.230. The van der Waals surface area contributed by atoms with E-state index in [0.29, 0.717) is 5.82 Å². The van der Waals surface area contributed by atoms with E-state index in [1.54, 1.807) is 36.1 Å². The van der Waals surface area contributed by atoms with Crippen LogP contribution in [0.25, 0.3) is 0 Å². The molecule has 2 aromatic rings. The van der Waals surface area contributed by atoms with Crippen LogP contribution >= 0.6 is 0 Å². The SMILES string of the molecule is Cn1ccnc1C(=O)NC(C)(C)c1ccc(F)cc1. The number of carbonyl (C=O) groups is 1. The van der Waals surface area contributed by atoms with E-state index in [0.717, 1.165) is 5.56 Å². The molecule has 1 amide bonds. The van der Waals surface area contributed by atoms with Gasteiger partial charge in [-0.25, -0.2) is 9.37 Å². The fourth-order valence-corrected chi connectivity index (χ4v) is 1.86. The van der Waals surface area contributed by atoms with Crippen molar-refractivity contribution in [1.29, 1.82) is 0 Å². The summed E-state index contributed by atoms with van der Waals surface area (Å²) in [4.78, 5) is 16.1. The summed E-state index contributed by atoms with van der Waals surface area (Å²) in [5, 5.41) is 2.89. The monoisotopic (exact) mass is 261 g/mol. The average molecular weight is 261 g/mol. The molecule has 1 aromatic heterocycles. The Hall–Kier alpha value is -2.17. The molecule has 100 valence electrons. The number of nitrogens with one attached hydrogen (secondary N) is 1. The van der Waals surface area contributed by atoms with Gasteiger partial charge in [-0.3, -0.25) is 4.79 Å².